The number of fused-ring (bicyclic) bond motifs is 3. The van der Waals surface area contributed by atoms with E-state index in [1.54, 1.807) is 11.3 Å². The number of para-hydroxylation sites is 1. The lowest BCUT2D eigenvalue weighted by Gasteiger charge is -2.38. The number of nitrogens with zero attached hydrogens (tertiary/aromatic N) is 1. The van der Waals surface area contributed by atoms with Crippen LogP contribution in [0.3, 0.4) is 0 Å². The molecule has 2 atom stereocenters. The van der Waals surface area contributed by atoms with Gasteiger partial charge in [0.1, 0.15) is 12.4 Å². The van der Waals surface area contributed by atoms with E-state index in [-0.39, 0.29) is 5.91 Å². The van der Waals surface area contributed by atoms with Gasteiger partial charge in [-0.1, -0.05) is 12.1 Å². The number of benzene rings is 1. The van der Waals surface area contributed by atoms with E-state index in [0.717, 1.165) is 34.6 Å². The molecule has 0 N–H and O–H groups in total. The third-order valence-corrected chi connectivity index (χ3v) is 6.16. The minimum absolute atomic E-state index is 0.182. The van der Waals surface area contributed by atoms with Crippen molar-refractivity contribution in [2.75, 3.05) is 0 Å². The van der Waals surface area contributed by atoms with Crippen LogP contribution in [0.1, 0.15) is 48.3 Å². The lowest BCUT2D eigenvalue weighted by Crippen LogP contribution is -2.47. The van der Waals surface area contributed by atoms with Crippen LogP contribution in [0.5, 0.6) is 5.75 Å². The van der Waals surface area contributed by atoms with Crippen LogP contribution in [0.2, 0.25) is 0 Å². The van der Waals surface area contributed by atoms with E-state index in [4.69, 9.17) is 4.74 Å². The zero-order valence-electron chi connectivity index (χ0n) is 13.5. The molecule has 1 aromatic carbocycles. The molecule has 1 aromatic heterocycles. The van der Waals surface area contributed by atoms with Crippen LogP contribution in [-0.2, 0) is 6.61 Å². The third kappa shape index (κ3) is 2.45. The maximum absolute atomic E-state index is 13.0. The molecule has 0 radical (unpaired) electrons. The first kappa shape index (κ1) is 14.8. The number of ether oxygens (including phenoxy) is 1. The van der Waals surface area contributed by atoms with Crippen LogP contribution >= 0.6 is 11.3 Å². The van der Waals surface area contributed by atoms with Gasteiger partial charge in [-0.05, 0) is 51.3 Å². The Bertz CT molecular complexity index is 742. The first-order valence-electron chi connectivity index (χ1n) is 8.32. The quantitative estimate of drug-likeness (QED) is 0.759. The lowest BCUT2D eigenvalue weighted by molar-refractivity contribution is 0.0516. The van der Waals surface area contributed by atoms with Crippen molar-refractivity contribution < 1.29 is 9.53 Å². The molecule has 4 rings (SSSR count). The van der Waals surface area contributed by atoms with Crippen LogP contribution in [0.4, 0.5) is 0 Å². The number of piperidine rings is 1. The minimum atomic E-state index is 0.182. The fourth-order valence-corrected chi connectivity index (χ4v) is 4.90. The normalized spacial score (nSPS) is 23.0. The van der Waals surface area contributed by atoms with Gasteiger partial charge in [0.25, 0.3) is 5.91 Å². The summed E-state index contributed by atoms with van der Waals surface area (Å²) in [6.07, 6.45) is 3.43. The first-order chi connectivity index (χ1) is 11.1. The molecule has 1 amide bonds. The van der Waals surface area contributed by atoms with Crippen LogP contribution < -0.4 is 4.74 Å². The molecule has 23 heavy (non-hydrogen) atoms. The Morgan fingerprint density at radius 2 is 1.96 bits per heavy atom. The van der Waals surface area contributed by atoms with E-state index < -0.39 is 0 Å². The molecule has 0 saturated carbocycles. The second-order valence-corrected chi connectivity index (χ2v) is 7.64. The Morgan fingerprint density at radius 1 is 1.22 bits per heavy atom. The maximum Gasteiger partial charge on any atom is 0.264 e. The topological polar surface area (TPSA) is 29.5 Å². The zero-order valence-corrected chi connectivity index (χ0v) is 14.4. The monoisotopic (exact) mass is 327 g/mol. The number of likely N-dealkylation sites (tertiary alicyclic amines) is 1. The zero-order chi connectivity index (χ0) is 16.0. The van der Waals surface area contributed by atoms with Gasteiger partial charge in [-0.25, -0.2) is 0 Å². The number of hydrogen-bond acceptors (Lipinski definition) is 3. The molecule has 0 unspecified atom stereocenters. The molecule has 3 heterocycles. The standard InChI is InChI=1S/C19H21NO2S/c1-12-6-5-7-13(2)20(12)19(21)17-10-14-11-22-16-9-4-3-8-15(16)18(14)23-17/h3-4,8-10,12-13H,5-7,11H2,1-2H3/t12-,13-/m1/s1. The molecule has 1 fully saturated rings. The highest BCUT2D eigenvalue weighted by molar-refractivity contribution is 7.17. The van der Waals surface area contributed by atoms with Gasteiger partial charge >= 0.3 is 0 Å². The van der Waals surface area contributed by atoms with Gasteiger partial charge in [0.05, 0.1) is 4.88 Å². The Labute approximate surface area is 140 Å². The van der Waals surface area contributed by atoms with Crippen LogP contribution in [0, 0.1) is 0 Å². The summed E-state index contributed by atoms with van der Waals surface area (Å²) >= 11 is 1.61. The summed E-state index contributed by atoms with van der Waals surface area (Å²) in [5.74, 6) is 1.10. The summed E-state index contributed by atoms with van der Waals surface area (Å²) in [7, 11) is 0. The summed E-state index contributed by atoms with van der Waals surface area (Å²) in [6, 6.07) is 10.8. The van der Waals surface area contributed by atoms with Gasteiger partial charge in [0, 0.05) is 28.1 Å². The van der Waals surface area contributed by atoms with Crippen molar-refractivity contribution in [2.45, 2.75) is 51.8 Å². The van der Waals surface area contributed by atoms with Crippen molar-refractivity contribution in [1.29, 1.82) is 0 Å². The highest BCUT2D eigenvalue weighted by Crippen LogP contribution is 2.43. The van der Waals surface area contributed by atoms with Crippen LogP contribution in [0.15, 0.2) is 30.3 Å². The maximum atomic E-state index is 13.0. The average Bonchev–Trinajstić information content (AvgIpc) is 2.99. The van der Waals surface area contributed by atoms with Crippen molar-refractivity contribution in [3.05, 3.63) is 40.8 Å². The number of thiophene rings is 1. The van der Waals surface area contributed by atoms with Crippen molar-refractivity contribution in [3.63, 3.8) is 0 Å². The summed E-state index contributed by atoms with van der Waals surface area (Å²) in [6.45, 7) is 4.89. The molecule has 2 aliphatic heterocycles. The SMILES string of the molecule is C[C@@H]1CCC[C@@H](C)N1C(=O)c1cc2c(s1)-c1ccccc1OC2. The molecule has 0 aliphatic carbocycles. The Morgan fingerprint density at radius 3 is 2.74 bits per heavy atom. The molecule has 0 bridgehead atoms. The van der Waals surface area contributed by atoms with Gasteiger partial charge in [0.15, 0.2) is 0 Å². The van der Waals surface area contributed by atoms with E-state index in [1.165, 1.54) is 11.3 Å². The van der Waals surface area contributed by atoms with Crippen molar-refractivity contribution in [3.8, 4) is 16.2 Å². The summed E-state index contributed by atoms with van der Waals surface area (Å²) < 4.78 is 5.81. The van der Waals surface area contributed by atoms with E-state index in [0.29, 0.717) is 18.7 Å². The van der Waals surface area contributed by atoms with Gasteiger partial charge in [-0.2, -0.15) is 0 Å². The van der Waals surface area contributed by atoms with E-state index >= 15 is 0 Å². The number of amides is 1. The molecule has 2 aliphatic rings. The molecule has 120 valence electrons. The second-order valence-electron chi connectivity index (χ2n) is 6.59. The van der Waals surface area contributed by atoms with E-state index in [2.05, 4.69) is 24.8 Å². The lowest BCUT2D eigenvalue weighted by atomic mass is 9.97. The van der Waals surface area contributed by atoms with Crippen molar-refractivity contribution in [2.24, 2.45) is 0 Å². The highest BCUT2D eigenvalue weighted by atomic mass is 32.1. The minimum Gasteiger partial charge on any atom is -0.488 e. The molecule has 3 nitrogen and oxygen atoms in total. The van der Waals surface area contributed by atoms with Gasteiger partial charge in [-0.3, -0.25) is 4.79 Å². The summed E-state index contributed by atoms with van der Waals surface area (Å²) in [5, 5.41) is 0. The number of hydrogen-bond donors (Lipinski definition) is 0. The summed E-state index contributed by atoms with van der Waals surface area (Å²) in [5.41, 5.74) is 2.24. The Hall–Kier alpha value is -1.81. The van der Waals surface area contributed by atoms with Gasteiger partial charge < -0.3 is 9.64 Å². The first-order valence-corrected chi connectivity index (χ1v) is 9.14. The van der Waals surface area contributed by atoms with Crippen molar-refractivity contribution >= 4 is 17.2 Å². The summed E-state index contributed by atoms with van der Waals surface area (Å²) in [4.78, 5) is 17.2. The molecule has 0 spiro atoms. The Kier molecular flexibility index (Phi) is 3.64. The number of carbonyl (C=O) groups excluding carboxylic acids is 1. The second kappa shape index (κ2) is 5.68. The molecule has 2 aromatic rings. The van der Waals surface area contributed by atoms with E-state index in [9.17, 15) is 4.79 Å². The van der Waals surface area contributed by atoms with Crippen LogP contribution in [0.25, 0.3) is 10.4 Å². The molecular formula is C19H21NO2S. The number of rotatable bonds is 1. The predicted molar refractivity (Wildman–Crippen MR) is 93.0 cm³/mol. The fourth-order valence-electron chi connectivity index (χ4n) is 3.75. The number of carbonyl (C=O) groups is 1. The van der Waals surface area contributed by atoms with Crippen LogP contribution in [-0.4, -0.2) is 22.9 Å². The largest absolute Gasteiger partial charge is 0.488 e. The smallest absolute Gasteiger partial charge is 0.264 e. The average molecular weight is 327 g/mol. The van der Waals surface area contributed by atoms with Gasteiger partial charge in [0.2, 0.25) is 0 Å². The molecule has 1 saturated heterocycles. The molecule has 4 heteroatoms. The fraction of sp³-hybridized carbons (Fsp3) is 0.421. The van der Waals surface area contributed by atoms with E-state index in [1.807, 2.05) is 24.3 Å². The highest BCUT2D eigenvalue weighted by Gasteiger charge is 2.32. The van der Waals surface area contributed by atoms with Crippen molar-refractivity contribution in [1.82, 2.24) is 4.90 Å². The Balaban J connectivity index is 1.70. The van der Waals surface area contributed by atoms with Gasteiger partial charge in [-0.15, -0.1) is 11.3 Å². The third-order valence-electron chi connectivity index (χ3n) is 4.96. The molecular weight excluding hydrogens is 306 g/mol. The predicted octanol–water partition coefficient (Wildman–Crippen LogP) is 4.71.